The van der Waals surface area contributed by atoms with Crippen molar-refractivity contribution < 1.29 is 8.42 Å². The van der Waals surface area contributed by atoms with Gasteiger partial charge in [-0.1, -0.05) is 17.7 Å². The number of sulfonamides is 1. The molecule has 0 unspecified atom stereocenters. The molecule has 3 rings (SSSR count). The van der Waals surface area contributed by atoms with E-state index in [4.69, 9.17) is 11.6 Å². The lowest BCUT2D eigenvalue weighted by atomic mass is 10.3. The molecule has 5 nitrogen and oxygen atoms in total. The third kappa shape index (κ3) is 2.71. The Balaban J connectivity index is 1.79. The number of halogens is 1. The summed E-state index contributed by atoms with van der Waals surface area (Å²) in [5.41, 5.74) is 1.57. The molecule has 0 saturated heterocycles. The summed E-state index contributed by atoms with van der Waals surface area (Å²) in [7, 11) is -3.54. The van der Waals surface area contributed by atoms with E-state index in [0.29, 0.717) is 10.0 Å². The lowest BCUT2D eigenvalue weighted by Gasteiger charge is -2.01. The van der Waals surface area contributed by atoms with E-state index in [1.165, 1.54) is 6.07 Å². The minimum absolute atomic E-state index is 0.138. The average Bonchev–Trinajstić information content (AvgIpc) is 3.02. The highest BCUT2D eigenvalue weighted by Gasteiger charge is 2.16. The molecule has 0 bridgehead atoms. The molecule has 0 aliphatic carbocycles. The normalized spacial score (nSPS) is 12.1. The van der Waals surface area contributed by atoms with Gasteiger partial charge in [0.15, 0.2) is 0 Å². The van der Waals surface area contributed by atoms with E-state index < -0.39 is 10.0 Å². The number of nitrogens with zero attached hydrogens (tertiary/aromatic N) is 2. The number of pyridine rings is 1. The monoisotopic (exact) mass is 327 g/mol. The van der Waals surface area contributed by atoms with Crippen LogP contribution in [0.3, 0.4) is 0 Å². The molecule has 20 heavy (non-hydrogen) atoms. The molecule has 0 spiro atoms. The van der Waals surface area contributed by atoms with E-state index in [1.807, 2.05) is 30.5 Å². The van der Waals surface area contributed by atoms with Crippen molar-refractivity contribution in [3.8, 4) is 0 Å². The lowest BCUT2D eigenvalue weighted by Crippen LogP contribution is -2.22. The Morgan fingerprint density at radius 2 is 2.15 bits per heavy atom. The van der Waals surface area contributed by atoms with Gasteiger partial charge in [0.2, 0.25) is 10.0 Å². The van der Waals surface area contributed by atoms with E-state index in [2.05, 4.69) is 9.82 Å². The van der Waals surface area contributed by atoms with Crippen LogP contribution in [0.2, 0.25) is 4.34 Å². The molecule has 0 radical (unpaired) electrons. The summed E-state index contributed by atoms with van der Waals surface area (Å²) in [6.07, 6.45) is 1.81. The van der Waals surface area contributed by atoms with Crippen LogP contribution < -0.4 is 4.72 Å². The number of aromatic nitrogens is 2. The van der Waals surface area contributed by atoms with Crippen molar-refractivity contribution in [3.05, 3.63) is 52.6 Å². The fourth-order valence-electron chi connectivity index (χ4n) is 1.76. The van der Waals surface area contributed by atoms with Gasteiger partial charge in [0.1, 0.15) is 4.21 Å². The van der Waals surface area contributed by atoms with Gasteiger partial charge in [-0.2, -0.15) is 5.10 Å². The van der Waals surface area contributed by atoms with Crippen molar-refractivity contribution >= 4 is 38.5 Å². The van der Waals surface area contributed by atoms with Crippen molar-refractivity contribution in [2.75, 3.05) is 0 Å². The molecule has 0 atom stereocenters. The summed E-state index contributed by atoms with van der Waals surface area (Å²) in [6, 6.07) is 10.6. The van der Waals surface area contributed by atoms with Crippen LogP contribution in [-0.4, -0.2) is 18.0 Å². The van der Waals surface area contributed by atoms with Crippen molar-refractivity contribution in [2.45, 2.75) is 10.8 Å². The molecule has 3 heterocycles. The Morgan fingerprint density at radius 3 is 2.85 bits per heavy atom. The molecule has 0 aromatic carbocycles. The van der Waals surface area contributed by atoms with Crippen LogP contribution >= 0.6 is 22.9 Å². The Hall–Kier alpha value is -1.41. The van der Waals surface area contributed by atoms with Crippen molar-refractivity contribution in [2.24, 2.45) is 0 Å². The molecule has 0 aliphatic heterocycles. The Morgan fingerprint density at radius 1 is 1.30 bits per heavy atom. The molecule has 104 valence electrons. The van der Waals surface area contributed by atoms with E-state index in [1.54, 1.807) is 10.6 Å². The molecular weight excluding hydrogens is 318 g/mol. The van der Waals surface area contributed by atoms with Gasteiger partial charge < -0.3 is 0 Å². The molecule has 3 aromatic heterocycles. The average molecular weight is 328 g/mol. The smallest absolute Gasteiger partial charge is 0.241 e. The molecular formula is C12H10ClN3O2S2. The molecule has 0 aliphatic rings. The largest absolute Gasteiger partial charge is 0.250 e. The predicted octanol–water partition coefficient (Wildman–Crippen LogP) is 2.53. The highest BCUT2D eigenvalue weighted by Crippen LogP contribution is 2.25. The van der Waals surface area contributed by atoms with E-state index >= 15 is 0 Å². The third-order valence-corrected chi connectivity index (χ3v) is 5.80. The Labute approximate surface area is 124 Å². The maximum atomic E-state index is 12.0. The third-order valence-electron chi connectivity index (χ3n) is 2.68. The molecule has 0 fully saturated rings. The van der Waals surface area contributed by atoms with Crippen LogP contribution in [0.4, 0.5) is 0 Å². The first-order chi connectivity index (χ1) is 9.54. The Kier molecular flexibility index (Phi) is 3.51. The predicted molar refractivity (Wildman–Crippen MR) is 78.5 cm³/mol. The van der Waals surface area contributed by atoms with E-state index in [0.717, 1.165) is 16.9 Å². The van der Waals surface area contributed by atoms with Crippen molar-refractivity contribution in [1.29, 1.82) is 0 Å². The van der Waals surface area contributed by atoms with Crippen LogP contribution in [0.1, 0.15) is 5.69 Å². The zero-order valence-electron chi connectivity index (χ0n) is 10.2. The quantitative estimate of drug-likeness (QED) is 0.801. The second-order valence-electron chi connectivity index (χ2n) is 4.09. The molecule has 3 aromatic rings. The van der Waals surface area contributed by atoms with Crippen LogP contribution in [0, 0.1) is 0 Å². The number of fused-ring (bicyclic) bond motifs is 1. The first-order valence-electron chi connectivity index (χ1n) is 5.73. The highest BCUT2D eigenvalue weighted by atomic mass is 35.5. The standard InChI is InChI=1S/C12H10ClN3O2S2/c13-11-4-5-12(19-11)20(17,18)14-8-9-7-10-3-1-2-6-16(10)15-9/h1-7,14H,8H2. The Bertz CT molecular complexity index is 821. The molecule has 0 amide bonds. The maximum Gasteiger partial charge on any atom is 0.250 e. The number of hydrogen-bond donors (Lipinski definition) is 1. The summed E-state index contributed by atoms with van der Waals surface area (Å²) in [4.78, 5) is 0. The fourth-order valence-corrected chi connectivity index (χ4v) is 4.29. The van der Waals surface area contributed by atoms with Gasteiger partial charge >= 0.3 is 0 Å². The summed E-state index contributed by atoms with van der Waals surface area (Å²) in [6.45, 7) is 0.138. The van der Waals surface area contributed by atoms with Gasteiger partial charge in [-0.25, -0.2) is 17.7 Å². The van der Waals surface area contributed by atoms with Crippen LogP contribution in [0.25, 0.3) is 5.52 Å². The summed E-state index contributed by atoms with van der Waals surface area (Å²) in [5.74, 6) is 0. The van der Waals surface area contributed by atoms with Gasteiger partial charge in [-0.15, -0.1) is 11.3 Å². The number of hydrogen-bond acceptors (Lipinski definition) is 4. The number of nitrogens with one attached hydrogen (secondary N) is 1. The zero-order chi connectivity index (χ0) is 14.2. The maximum absolute atomic E-state index is 12.0. The number of thiophene rings is 1. The minimum Gasteiger partial charge on any atom is -0.241 e. The second kappa shape index (κ2) is 5.17. The summed E-state index contributed by atoms with van der Waals surface area (Å²) >= 11 is 6.77. The first-order valence-corrected chi connectivity index (χ1v) is 8.41. The van der Waals surface area contributed by atoms with Crippen LogP contribution in [-0.2, 0) is 16.6 Å². The lowest BCUT2D eigenvalue weighted by molar-refractivity contribution is 0.582. The summed E-state index contributed by atoms with van der Waals surface area (Å²) < 4.78 is 28.9. The van der Waals surface area contributed by atoms with E-state index in [9.17, 15) is 8.42 Å². The van der Waals surface area contributed by atoms with Gasteiger partial charge in [0.05, 0.1) is 22.1 Å². The van der Waals surface area contributed by atoms with Crippen LogP contribution in [0.15, 0.2) is 46.8 Å². The second-order valence-corrected chi connectivity index (χ2v) is 7.80. The van der Waals surface area contributed by atoms with Crippen molar-refractivity contribution in [1.82, 2.24) is 14.3 Å². The fraction of sp³-hybridized carbons (Fsp3) is 0.0833. The molecule has 0 saturated carbocycles. The molecule has 1 N–H and O–H groups in total. The number of rotatable bonds is 4. The molecule has 8 heteroatoms. The van der Waals surface area contributed by atoms with Gasteiger partial charge in [0, 0.05) is 6.20 Å². The zero-order valence-corrected chi connectivity index (χ0v) is 12.5. The minimum atomic E-state index is -3.54. The first kappa shape index (κ1) is 13.6. The van der Waals surface area contributed by atoms with E-state index in [-0.39, 0.29) is 10.8 Å². The van der Waals surface area contributed by atoms with Gasteiger partial charge in [0.25, 0.3) is 0 Å². The summed E-state index contributed by atoms with van der Waals surface area (Å²) in [5, 5.41) is 4.28. The van der Waals surface area contributed by atoms with Gasteiger partial charge in [-0.3, -0.25) is 0 Å². The van der Waals surface area contributed by atoms with Gasteiger partial charge in [-0.05, 0) is 30.3 Å². The topological polar surface area (TPSA) is 63.5 Å². The van der Waals surface area contributed by atoms with Crippen LogP contribution in [0.5, 0.6) is 0 Å². The highest BCUT2D eigenvalue weighted by molar-refractivity contribution is 7.91. The van der Waals surface area contributed by atoms with Crippen molar-refractivity contribution in [3.63, 3.8) is 0 Å². The SMILES string of the molecule is O=S(=O)(NCc1cc2ccccn2n1)c1ccc(Cl)s1.